The maximum absolute atomic E-state index is 9.71. The lowest BCUT2D eigenvalue weighted by atomic mass is 10.2. The van der Waals surface area contributed by atoms with Gasteiger partial charge in [-0.3, -0.25) is 0 Å². The average Bonchev–Trinajstić information content (AvgIpc) is 3.18. The minimum atomic E-state index is 0.0835. The van der Waals surface area contributed by atoms with Gasteiger partial charge in [-0.05, 0) is 55.0 Å². The fourth-order valence-corrected chi connectivity index (χ4v) is 2.15. The Hall–Kier alpha value is -2.87. The van der Waals surface area contributed by atoms with Gasteiger partial charge in [-0.2, -0.15) is 9.78 Å². The number of H-pyrrole nitrogens is 1. The van der Waals surface area contributed by atoms with E-state index in [1.54, 1.807) is 42.8 Å². The second-order valence-corrected chi connectivity index (χ2v) is 4.93. The molecule has 2 N–H and O–H groups in total. The SMILES string of the molecule is CCOc1cc(/C=N/n2c(-c3ccco3)n[nH]c2=S)ccc1O. The van der Waals surface area contributed by atoms with Gasteiger partial charge in [-0.1, -0.05) is 0 Å². The molecule has 0 unspecified atom stereocenters. The van der Waals surface area contributed by atoms with Crippen LogP contribution >= 0.6 is 12.2 Å². The predicted octanol–water partition coefficient (Wildman–Crippen LogP) is 3.19. The van der Waals surface area contributed by atoms with Gasteiger partial charge in [-0.15, -0.1) is 5.10 Å². The number of nitrogens with one attached hydrogen (secondary N) is 1. The number of hydrogen-bond donors (Lipinski definition) is 2. The summed E-state index contributed by atoms with van der Waals surface area (Å²) in [5.74, 6) is 1.51. The second-order valence-electron chi connectivity index (χ2n) is 4.55. The largest absolute Gasteiger partial charge is 0.504 e. The fraction of sp³-hybridized carbons (Fsp3) is 0.133. The molecule has 2 heterocycles. The van der Waals surface area contributed by atoms with Gasteiger partial charge in [-0.25, -0.2) is 5.10 Å². The van der Waals surface area contributed by atoms with Crippen LogP contribution in [-0.2, 0) is 0 Å². The number of benzene rings is 1. The summed E-state index contributed by atoms with van der Waals surface area (Å²) in [4.78, 5) is 0. The molecule has 0 atom stereocenters. The lowest BCUT2D eigenvalue weighted by Crippen LogP contribution is -1.96. The van der Waals surface area contributed by atoms with Crippen LogP contribution in [0.2, 0.25) is 0 Å². The molecule has 7 nitrogen and oxygen atoms in total. The van der Waals surface area contributed by atoms with Crippen LogP contribution in [0.4, 0.5) is 0 Å². The van der Waals surface area contributed by atoms with Crippen molar-refractivity contribution in [3.05, 3.63) is 46.9 Å². The smallest absolute Gasteiger partial charge is 0.219 e. The van der Waals surface area contributed by atoms with Crippen LogP contribution in [-0.4, -0.2) is 32.8 Å². The van der Waals surface area contributed by atoms with Crippen molar-refractivity contribution in [2.24, 2.45) is 5.10 Å². The number of rotatable bonds is 5. The van der Waals surface area contributed by atoms with E-state index in [1.165, 1.54) is 4.68 Å². The second kappa shape index (κ2) is 6.49. The topological polar surface area (TPSA) is 88.6 Å². The third-order valence-electron chi connectivity index (χ3n) is 3.00. The highest BCUT2D eigenvalue weighted by atomic mass is 32.1. The van der Waals surface area contributed by atoms with Crippen LogP contribution in [0.5, 0.6) is 11.5 Å². The summed E-state index contributed by atoms with van der Waals surface area (Å²) in [7, 11) is 0. The number of ether oxygens (including phenoxy) is 1. The molecule has 0 aliphatic heterocycles. The molecule has 3 rings (SSSR count). The third-order valence-corrected chi connectivity index (χ3v) is 3.26. The number of phenolic OH excluding ortho intramolecular Hbond substituents is 1. The van der Waals surface area contributed by atoms with E-state index in [1.807, 2.05) is 6.92 Å². The number of hydrogen-bond acceptors (Lipinski definition) is 6. The molecule has 0 aliphatic rings. The molecule has 1 aromatic carbocycles. The van der Waals surface area contributed by atoms with E-state index in [0.29, 0.717) is 28.7 Å². The van der Waals surface area contributed by atoms with Gasteiger partial charge >= 0.3 is 0 Å². The van der Waals surface area contributed by atoms with Crippen LogP contribution in [0.15, 0.2) is 46.1 Å². The van der Waals surface area contributed by atoms with E-state index in [9.17, 15) is 5.11 Å². The summed E-state index contributed by atoms with van der Waals surface area (Å²) < 4.78 is 12.5. The standard InChI is InChI=1S/C15H14N4O3S/c1-2-21-13-8-10(5-6-11(13)20)9-16-19-14(17-18-15(19)23)12-4-3-7-22-12/h3-9,20H,2H2,1H3,(H,18,23)/b16-9+. The Bertz CT molecular complexity index is 881. The predicted molar refractivity (Wildman–Crippen MR) is 87.4 cm³/mol. The van der Waals surface area contributed by atoms with Crippen molar-refractivity contribution < 1.29 is 14.3 Å². The molecule has 8 heteroatoms. The number of aromatic nitrogens is 3. The summed E-state index contributed by atoms with van der Waals surface area (Å²) in [6.07, 6.45) is 3.15. The third kappa shape index (κ3) is 3.16. The van der Waals surface area contributed by atoms with Gasteiger partial charge < -0.3 is 14.3 Å². The van der Waals surface area contributed by atoms with Gasteiger partial charge in [0, 0.05) is 0 Å². The Morgan fingerprint density at radius 3 is 3.09 bits per heavy atom. The summed E-state index contributed by atoms with van der Waals surface area (Å²) in [6.45, 7) is 2.31. The summed E-state index contributed by atoms with van der Waals surface area (Å²) in [6, 6.07) is 8.49. The first-order valence-corrected chi connectivity index (χ1v) is 7.31. The van der Waals surface area contributed by atoms with Crippen LogP contribution in [0.25, 0.3) is 11.6 Å². The average molecular weight is 330 g/mol. The maximum atomic E-state index is 9.71. The van der Waals surface area contributed by atoms with E-state index in [4.69, 9.17) is 21.4 Å². The fourth-order valence-electron chi connectivity index (χ4n) is 1.97. The molecule has 0 radical (unpaired) electrons. The number of furan rings is 1. The quantitative estimate of drug-likeness (QED) is 0.554. The van der Waals surface area contributed by atoms with Crippen LogP contribution in [0.3, 0.4) is 0 Å². The van der Waals surface area contributed by atoms with Crippen LogP contribution in [0, 0.1) is 4.77 Å². The highest BCUT2D eigenvalue weighted by Gasteiger charge is 2.10. The lowest BCUT2D eigenvalue weighted by molar-refractivity contribution is 0.318. The zero-order valence-electron chi connectivity index (χ0n) is 12.3. The monoisotopic (exact) mass is 330 g/mol. The molecule has 0 saturated heterocycles. The van der Waals surface area contributed by atoms with Gasteiger partial charge in [0.15, 0.2) is 17.3 Å². The molecule has 2 aromatic heterocycles. The minimum absolute atomic E-state index is 0.0835. The van der Waals surface area contributed by atoms with E-state index in [0.717, 1.165) is 5.56 Å². The van der Waals surface area contributed by atoms with E-state index < -0.39 is 0 Å². The molecule has 0 fully saturated rings. The molecule has 0 amide bonds. The highest BCUT2D eigenvalue weighted by molar-refractivity contribution is 7.71. The summed E-state index contributed by atoms with van der Waals surface area (Å²) >= 11 is 5.18. The Morgan fingerprint density at radius 2 is 2.35 bits per heavy atom. The zero-order valence-corrected chi connectivity index (χ0v) is 13.1. The van der Waals surface area contributed by atoms with Crippen molar-refractivity contribution in [2.45, 2.75) is 6.92 Å². The van der Waals surface area contributed by atoms with E-state index in [2.05, 4.69) is 15.3 Å². The molecule has 118 valence electrons. The van der Waals surface area contributed by atoms with Crippen LogP contribution < -0.4 is 4.74 Å². The molecule has 0 bridgehead atoms. The minimum Gasteiger partial charge on any atom is -0.504 e. The Balaban J connectivity index is 1.94. The molecule has 0 saturated carbocycles. The van der Waals surface area contributed by atoms with Crippen LogP contribution in [0.1, 0.15) is 12.5 Å². The van der Waals surface area contributed by atoms with Crippen molar-refractivity contribution in [3.8, 4) is 23.1 Å². The van der Waals surface area contributed by atoms with Gasteiger partial charge in [0.25, 0.3) is 0 Å². The van der Waals surface area contributed by atoms with Gasteiger partial charge in [0.1, 0.15) is 0 Å². The highest BCUT2D eigenvalue weighted by Crippen LogP contribution is 2.26. The summed E-state index contributed by atoms with van der Waals surface area (Å²) in [5.41, 5.74) is 0.750. The number of aromatic amines is 1. The molecule has 3 aromatic rings. The van der Waals surface area contributed by atoms with E-state index >= 15 is 0 Å². The van der Waals surface area contributed by atoms with Gasteiger partial charge in [0.2, 0.25) is 10.6 Å². The first kappa shape index (κ1) is 15.0. The Kier molecular flexibility index (Phi) is 4.24. The zero-order chi connectivity index (χ0) is 16.2. The number of aromatic hydroxyl groups is 1. The number of phenols is 1. The maximum Gasteiger partial charge on any atom is 0.219 e. The number of nitrogens with zero attached hydrogens (tertiary/aromatic N) is 3. The molecule has 0 spiro atoms. The first-order chi connectivity index (χ1) is 11.2. The van der Waals surface area contributed by atoms with Crippen molar-refractivity contribution in [2.75, 3.05) is 6.61 Å². The Labute approximate surface area is 136 Å². The molecular formula is C15H14N4O3S. The molecular weight excluding hydrogens is 316 g/mol. The lowest BCUT2D eigenvalue weighted by Gasteiger charge is -2.06. The van der Waals surface area contributed by atoms with Crippen molar-refractivity contribution in [3.63, 3.8) is 0 Å². The first-order valence-electron chi connectivity index (χ1n) is 6.90. The summed E-state index contributed by atoms with van der Waals surface area (Å²) in [5, 5.41) is 20.8. The normalized spacial score (nSPS) is 11.2. The van der Waals surface area contributed by atoms with Gasteiger partial charge in [0.05, 0.1) is 19.1 Å². The van der Waals surface area contributed by atoms with Crippen molar-refractivity contribution in [1.82, 2.24) is 14.9 Å². The van der Waals surface area contributed by atoms with Crippen molar-refractivity contribution in [1.29, 1.82) is 0 Å². The van der Waals surface area contributed by atoms with Crippen molar-refractivity contribution >= 4 is 18.4 Å². The molecule has 0 aliphatic carbocycles. The molecule has 23 heavy (non-hydrogen) atoms. The Morgan fingerprint density at radius 1 is 1.48 bits per heavy atom. The van der Waals surface area contributed by atoms with E-state index in [-0.39, 0.29) is 5.75 Å².